The Kier molecular flexibility index (Phi) is 5.63. The van der Waals surface area contributed by atoms with E-state index in [9.17, 15) is 9.59 Å². The van der Waals surface area contributed by atoms with Gasteiger partial charge in [-0.2, -0.15) is 0 Å². The molecule has 2 atom stereocenters. The SMILES string of the molecule is Cc1ccc(-n2c(SCC(=O)N3CC4(C)CC3CC(C)(C)C4)nc3ccccc3c2=O)c(C)c1. The third kappa shape index (κ3) is 4.17. The van der Waals surface area contributed by atoms with Gasteiger partial charge in [-0.15, -0.1) is 0 Å². The number of amides is 1. The maximum Gasteiger partial charge on any atom is 0.266 e. The summed E-state index contributed by atoms with van der Waals surface area (Å²) >= 11 is 1.37. The highest BCUT2D eigenvalue weighted by atomic mass is 32.2. The summed E-state index contributed by atoms with van der Waals surface area (Å²) in [7, 11) is 0. The second-order valence-corrected chi connectivity index (χ2v) is 12.3. The average Bonchev–Trinajstić information content (AvgIpc) is 3.01. The van der Waals surface area contributed by atoms with Crippen molar-refractivity contribution in [3.05, 3.63) is 63.9 Å². The number of carbonyl (C=O) groups excluding carboxylic acids is 1. The van der Waals surface area contributed by atoms with Gasteiger partial charge in [0.25, 0.3) is 5.56 Å². The molecule has 1 saturated carbocycles. The molecule has 2 aromatic carbocycles. The molecule has 1 amide bonds. The monoisotopic (exact) mass is 475 g/mol. The van der Waals surface area contributed by atoms with Crippen molar-refractivity contribution >= 4 is 28.6 Å². The van der Waals surface area contributed by atoms with E-state index in [4.69, 9.17) is 4.98 Å². The van der Waals surface area contributed by atoms with Crippen LogP contribution < -0.4 is 5.56 Å². The van der Waals surface area contributed by atoms with E-state index in [1.165, 1.54) is 11.8 Å². The minimum atomic E-state index is -0.0983. The van der Waals surface area contributed by atoms with Gasteiger partial charge in [0.2, 0.25) is 5.91 Å². The number of hydrogen-bond donors (Lipinski definition) is 0. The highest BCUT2D eigenvalue weighted by Gasteiger charge is 2.50. The van der Waals surface area contributed by atoms with Crippen molar-refractivity contribution in [2.24, 2.45) is 10.8 Å². The Labute approximate surface area is 205 Å². The van der Waals surface area contributed by atoms with E-state index in [-0.39, 0.29) is 28.0 Å². The minimum absolute atomic E-state index is 0.0983. The number of aryl methyl sites for hydroxylation is 2. The van der Waals surface area contributed by atoms with Gasteiger partial charge in [-0.1, -0.05) is 62.4 Å². The Bertz CT molecular complexity index is 1350. The van der Waals surface area contributed by atoms with Gasteiger partial charge >= 0.3 is 0 Å². The number of rotatable bonds is 4. The van der Waals surface area contributed by atoms with Gasteiger partial charge in [0, 0.05) is 12.6 Å². The lowest BCUT2D eigenvalue weighted by molar-refractivity contribution is -0.129. The van der Waals surface area contributed by atoms with Gasteiger partial charge in [-0.25, -0.2) is 4.98 Å². The molecule has 0 spiro atoms. The number of aromatic nitrogens is 2. The van der Waals surface area contributed by atoms with Crippen molar-refractivity contribution < 1.29 is 4.79 Å². The second-order valence-electron chi connectivity index (χ2n) is 11.4. The van der Waals surface area contributed by atoms with E-state index in [2.05, 4.69) is 31.7 Å². The summed E-state index contributed by atoms with van der Waals surface area (Å²) in [4.78, 5) is 33.9. The normalized spacial score (nSPS) is 23.4. The van der Waals surface area contributed by atoms with Crippen LogP contribution in [0.3, 0.4) is 0 Å². The number of carbonyl (C=O) groups is 1. The van der Waals surface area contributed by atoms with Crippen LogP contribution >= 0.6 is 11.8 Å². The van der Waals surface area contributed by atoms with Crippen molar-refractivity contribution in [1.82, 2.24) is 14.5 Å². The molecule has 5 rings (SSSR count). The Morgan fingerprint density at radius 2 is 1.88 bits per heavy atom. The van der Waals surface area contributed by atoms with E-state index < -0.39 is 0 Å². The fraction of sp³-hybridized carbons (Fsp3) is 0.464. The lowest BCUT2D eigenvalue weighted by Gasteiger charge is -2.39. The molecule has 1 saturated heterocycles. The number of likely N-dealkylation sites (tertiary alicyclic amines) is 1. The first-order valence-electron chi connectivity index (χ1n) is 12.1. The van der Waals surface area contributed by atoms with Crippen molar-refractivity contribution in [3.63, 3.8) is 0 Å². The molecule has 0 N–H and O–H groups in total. The van der Waals surface area contributed by atoms with Crippen LogP contribution in [0.4, 0.5) is 0 Å². The molecule has 2 bridgehead atoms. The quantitative estimate of drug-likeness (QED) is 0.368. The number of para-hydroxylation sites is 1. The molecule has 2 fully saturated rings. The average molecular weight is 476 g/mol. The number of hydrogen-bond acceptors (Lipinski definition) is 4. The molecule has 34 heavy (non-hydrogen) atoms. The zero-order valence-corrected chi connectivity index (χ0v) is 21.5. The van der Waals surface area contributed by atoms with E-state index in [0.29, 0.717) is 22.1 Å². The molecular formula is C28H33N3O2S. The molecule has 2 heterocycles. The molecule has 2 unspecified atom stereocenters. The summed E-state index contributed by atoms with van der Waals surface area (Å²) in [6, 6.07) is 13.8. The number of fused-ring (bicyclic) bond motifs is 3. The maximum atomic E-state index is 13.6. The Morgan fingerprint density at radius 3 is 2.65 bits per heavy atom. The Morgan fingerprint density at radius 1 is 1.12 bits per heavy atom. The van der Waals surface area contributed by atoms with E-state index in [1.54, 1.807) is 4.57 Å². The first-order valence-corrected chi connectivity index (χ1v) is 13.1. The zero-order valence-electron chi connectivity index (χ0n) is 20.7. The van der Waals surface area contributed by atoms with Crippen molar-refractivity contribution in [3.8, 4) is 5.69 Å². The van der Waals surface area contributed by atoms with Gasteiger partial charge in [-0.05, 0) is 67.7 Å². The van der Waals surface area contributed by atoms with Crippen molar-refractivity contribution in [2.45, 2.75) is 65.1 Å². The fourth-order valence-corrected chi connectivity index (χ4v) is 7.33. The van der Waals surface area contributed by atoms with Crippen LogP contribution in [0.25, 0.3) is 16.6 Å². The molecule has 2 aliphatic rings. The molecular weight excluding hydrogens is 442 g/mol. The summed E-state index contributed by atoms with van der Waals surface area (Å²) in [5.74, 6) is 0.425. The van der Waals surface area contributed by atoms with Crippen LogP contribution in [0.5, 0.6) is 0 Å². The number of thioether (sulfide) groups is 1. The van der Waals surface area contributed by atoms with Crippen LogP contribution in [0.1, 0.15) is 51.2 Å². The van der Waals surface area contributed by atoms with Gasteiger partial charge < -0.3 is 4.90 Å². The van der Waals surface area contributed by atoms with Gasteiger partial charge in [-0.3, -0.25) is 14.2 Å². The molecule has 0 radical (unpaired) electrons. The zero-order chi connectivity index (χ0) is 24.3. The standard InChI is InChI=1S/C28H33N3O2S/c1-18-10-11-23(19(2)12-18)31-25(33)21-8-6-7-9-22(21)29-26(31)34-15-24(32)30-17-28(5)14-20(30)13-27(3,4)16-28/h6-12,20H,13-17H2,1-5H3. The third-order valence-corrected chi connectivity index (χ3v) is 8.32. The van der Waals surface area contributed by atoms with Crippen LogP contribution in [0, 0.1) is 24.7 Å². The smallest absolute Gasteiger partial charge is 0.266 e. The summed E-state index contributed by atoms with van der Waals surface area (Å²) in [6.07, 6.45) is 3.31. The first-order chi connectivity index (χ1) is 16.1. The van der Waals surface area contributed by atoms with Gasteiger partial charge in [0.15, 0.2) is 5.16 Å². The van der Waals surface area contributed by atoms with Crippen molar-refractivity contribution in [2.75, 3.05) is 12.3 Å². The van der Waals surface area contributed by atoms with Crippen LogP contribution in [0.15, 0.2) is 52.4 Å². The maximum absolute atomic E-state index is 13.6. The third-order valence-electron chi connectivity index (χ3n) is 7.40. The van der Waals surface area contributed by atoms with Gasteiger partial charge in [0.1, 0.15) is 0 Å². The molecule has 1 aliphatic heterocycles. The summed E-state index contributed by atoms with van der Waals surface area (Å²) in [5.41, 5.74) is 4.00. The summed E-state index contributed by atoms with van der Waals surface area (Å²) in [5, 5.41) is 1.15. The minimum Gasteiger partial charge on any atom is -0.338 e. The van der Waals surface area contributed by atoms with Crippen LogP contribution in [-0.4, -0.2) is 38.7 Å². The highest BCUT2D eigenvalue weighted by molar-refractivity contribution is 7.99. The number of benzene rings is 2. The van der Waals surface area contributed by atoms with Gasteiger partial charge in [0.05, 0.1) is 22.3 Å². The lowest BCUT2D eigenvalue weighted by Crippen LogP contribution is -2.38. The lowest BCUT2D eigenvalue weighted by atomic mass is 9.65. The predicted octanol–water partition coefficient (Wildman–Crippen LogP) is 5.52. The van der Waals surface area contributed by atoms with Crippen LogP contribution in [-0.2, 0) is 4.79 Å². The second kappa shape index (κ2) is 8.26. The molecule has 1 aliphatic carbocycles. The summed E-state index contributed by atoms with van der Waals surface area (Å²) in [6.45, 7) is 11.8. The Balaban J connectivity index is 1.48. The highest BCUT2D eigenvalue weighted by Crippen LogP contribution is 2.52. The molecule has 6 heteroatoms. The molecule has 3 aromatic rings. The molecule has 178 valence electrons. The number of nitrogens with zero attached hydrogens (tertiary/aromatic N) is 3. The van der Waals surface area contributed by atoms with Crippen molar-refractivity contribution in [1.29, 1.82) is 0 Å². The molecule has 5 nitrogen and oxygen atoms in total. The fourth-order valence-electron chi connectivity index (χ4n) is 6.44. The van der Waals surface area contributed by atoms with E-state index in [0.717, 1.165) is 42.6 Å². The molecule has 1 aromatic heterocycles. The largest absolute Gasteiger partial charge is 0.338 e. The van der Waals surface area contributed by atoms with Crippen LogP contribution in [0.2, 0.25) is 0 Å². The van der Waals surface area contributed by atoms with E-state index >= 15 is 0 Å². The summed E-state index contributed by atoms with van der Waals surface area (Å²) < 4.78 is 1.68. The first kappa shape index (κ1) is 23.2. The Hall–Kier alpha value is -2.60. The van der Waals surface area contributed by atoms with E-state index in [1.807, 2.05) is 50.2 Å². The predicted molar refractivity (Wildman–Crippen MR) is 139 cm³/mol. The topological polar surface area (TPSA) is 55.2 Å².